The molecule has 0 atom stereocenters. The minimum Gasteiger partial charge on any atom is -0.495 e. The fourth-order valence-corrected chi connectivity index (χ4v) is 5.97. The molecule has 0 fully saturated rings. The van der Waals surface area contributed by atoms with Crippen LogP contribution in [0.15, 0.2) is 85.5 Å². The first-order chi connectivity index (χ1) is 28.9. The number of hydrogen-bond acceptors (Lipinski definition) is 15. The summed E-state index contributed by atoms with van der Waals surface area (Å²) in [5, 5.41) is 0. The number of fused-ring (bicyclic) bond motifs is 2. The van der Waals surface area contributed by atoms with Crippen molar-refractivity contribution in [3.8, 4) is 23.5 Å². The van der Waals surface area contributed by atoms with Gasteiger partial charge in [-0.25, -0.2) is 9.97 Å². The summed E-state index contributed by atoms with van der Waals surface area (Å²) in [6, 6.07) is 17.6. The van der Waals surface area contributed by atoms with Crippen molar-refractivity contribution in [2.75, 3.05) is 105 Å². The number of anilines is 2. The van der Waals surface area contributed by atoms with Crippen molar-refractivity contribution in [3.63, 3.8) is 0 Å². The molecule has 6 rings (SSSR count). The largest absolute Gasteiger partial charge is 0.495 e. The third kappa shape index (κ3) is 11.0. The third-order valence-corrected chi connectivity index (χ3v) is 8.96. The highest BCUT2D eigenvalue weighted by Crippen LogP contribution is 2.27. The lowest BCUT2D eigenvalue weighted by Gasteiger charge is -2.10. The summed E-state index contributed by atoms with van der Waals surface area (Å²) >= 11 is 0. The Labute approximate surface area is 340 Å². The number of ether oxygens (including phenoxy) is 9. The van der Waals surface area contributed by atoms with E-state index in [1.165, 1.54) is 14.2 Å². The molecule has 17 heteroatoms. The second-order valence-electron chi connectivity index (χ2n) is 12.8. The molecule has 0 bridgehead atoms. The number of rotatable bonds is 26. The first-order valence-electron chi connectivity index (χ1n) is 18.9. The van der Waals surface area contributed by atoms with E-state index in [1.54, 1.807) is 94.3 Å². The van der Waals surface area contributed by atoms with Crippen LogP contribution in [0.4, 0.5) is 11.4 Å². The number of benzene rings is 2. The molecular formula is C42H48N6O11. The maximum Gasteiger partial charge on any atom is 0.301 e. The monoisotopic (exact) mass is 812 g/mol. The average Bonchev–Trinajstić information content (AvgIpc) is 3.88. The number of aromatic nitrogens is 4. The molecule has 17 nitrogen and oxygen atoms in total. The molecule has 0 amide bonds. The predicted octanol–water partition coefficient (Wildman–Crippen LogP) is 4.17. The highest BCUT2D eigenvalue weighted by Gasteiger charge is 2.19. The summed E-state index contributed by atoms with van der Waals surface area (Å²) in [6.45, 7) is 4.53. The molecule has 59 heavy (non-hydrogen) atoms. The number of methoxy groups -OCH3 is 2. The van der Waals surface area contributed by atoms with E-state index in [1.807, 2.05) is 0 Å². The highest BCUT2D eigenvalue weighted by molar-refractivity contribution is 6.14. The van der Waals surface area contributed by atoms with Crippen molar-refractivity contribution in [2.45, 2.75) is 0 Å². The van der Waals surface area contributed by atoms with Crippen LogP contribution >= 0.6 is 0 Å². The quantitative estimate of drug-likeness (QED) is 0.0448. The van der Waals surface area contributed by atoms with Crippen molar-refractivity contribution >= 4 is 34.0 Å². The van der Waals surface area contributed by atoms with E-state index in [2.05, 4.69) is 9.97 Å². The number of nitrogen functional groups attached to an aromatic ring is 2. The molecule has 312 valence electrons. The summed E-state index contributed by atoms with van der Waals surface area (Å²) in [4.78, 5) is 35.2. The Morgan fingerprint density at radius 1 is 0.525 bits per heavy atom. The number of hydrogen-bond donors (Lipinski definition) is 2. The van der Waals surface area contributed by atoms with Gasteiger partial charge in [0.05, 0.1) is 115 Å². The van der Waals surface area contributed by atoms with Gasteiger partial charge in [0.2, 0.25) is 0 Å². The normalized spacial score (nSPS) is 11.3. The maximum atomic E-state index is 13.2. The topological polar surface area (TPSA) is 204 Å². The van der Waals surface area contributed by atoms with Crippen LogP contribution in [0.1, 0.15) is 31.8 Å². The number of ketones is 2. The van der Waals surface area contributed by atoms with Crippen LogP contribution in [0.2, 0.25) is 0 Å². The molecule has 0 saturated carbocycles. The van der Waals surface area contributed by atoms with Gasteiger partial charge < -0.3 is 54.1 Å². The van der Waals surface area contributed by atoms with Crippen molar-refractivity contribution in [3.05, 3.63) is 108 Å². The molecule has 0 unspecified atom stereocenters. The van der Waals surface area contributed by atoms with E-state index in [9.17, 15) is 9.59 Å². The third-order valence-electron chi connectivity index (χ3n) is 8.96. The van der Waals surface area contributed by atoms with E-state index < -0.39 is 0 Å². The Balaban J connectivity index is 0.758. The van der Waals surface area contributed by atoms with Crippen LogP contribution < -0.4 is 30.4 Å². The molecule has 0 aliphatic heterocycles. The molecule has 2 aromatic carbocycles. The van der Waals surface area contributed by atoms with Crippen molar-refractivity contribution in [1.29, 1.82) is 0 Å². The van der Waals surface area contributed by atoms with E-state index in [-0.39, 0.29) is 24.8 Å². The van der Waals surface area contributed by atoms with Gasteiger partial charge in [-0.15, -0.1) is 0 Å². The summed E-state index contributed by atoms with van der Waals surface area (Å²) in [7, 11) is 3.01. The number of nitrogens with two attached hydrogens (primary N) is 2. The molecule has 0 radical (unpaired) electrons. The number of pyridine rings is 2. The molecule has 0 spiro atoms. The zero-order valence-electron chi connectivity index (χ0n) is 33.0. The Morgan fingerprint density at radius 3 is 1.24 bits per heavy atom. The second kappa shape index (κ2) is 21.5. The van der Waals surface area contributed by atoms with Crippen LogP contribution in [0.5, 0.6) is 23.5 Å². The fraction of sp³-hybridized carbons (Fsp3) is 0.333. The van der Waals surface area contributed by atoms with E-state index in [0.717, 1.165) is 0 Å². The van der Waals surface area contributed by atoms with Gasteiger partial charge >= 0.3 is 12.0 Å². The molecule has 0 aliphatic carbocycles. The van der Waals surface area contributed by atoms with Crippen LogP contribution in [0.25, 0.3) is 11.0 Å². The molecule has 0 aliphatic rings. The summed E-state index contributed by atoms with van der Waals surface area (Å²) in [5.41, 5.74) is 15.8. The molecular weight excluding hydrogens is 764 g/mol. The van der Waals surface area contributed by atoms with Gasteiger partial charge in [-0.1, -0.05) is 0 Å². The summed E-state index contributed by atoms with van der Waals surface area (Å²) in [5.74, 6) is 0.509. The Morgan fingerprint density at radius 2 is 0.881 bits per heavy atom. The minimum absolute atomic E-state index is 0.184. The number of imidazole rings is 2. The average molecular weight is 813 g/mol. The van der Waals surface area contributed by atoms with Gasteiger partial charge in [0.1, 0.15) is 24.7 Å². The van der Waals surface area contributed by atoms with Crippen LogP contribution in [0.3, 0.4) is 0 Å². The van der Waals surface area contributed by atoms with E-state index in [4.69, 9.17) is 54.1 Å². The lowest BCUT2D eigenvalue weighted by atomic mass is 10.0. The number of carbonyl (C=O) groups excluding carboxylic acids is 2. The zero-order chi connectivity index (χ0) is 41.4. The van der Waals surface area contributed by atoms with Crippen LogP contribution in [0, 0.1) is 0 Å². The van der Waals surface area contributed by atoms with Gasteiger partial charge in [0.25, 0.3) is 0 Å². The van der Waals surface area contributed by atoms with Crippen molar-refractivity contribution < 1.29 is 52.2 Å². The molecule has 4 heterocycles. The summed E-state index contributed by atoms with van der Waals surface area (Å²) < 4.78 is 53.5. The molecule has 4 aromatic heterocycles. The standard InChI is InChI=1S/C42H48N6O11/c1-51-37-25-29(7-9-33(37)43)39(49)31-5-3-11-47-35(31)27-45-41(47)58-23-21-56-19-17-54-15-13-53-14-16-55-18-20-57-22-24-59-42-46-28-36-32(6-4-12-48(36)42)40(50)30-8-10-34(44)38(26-30)52-2/h3-12,25-28H,13-24,43-44H2,1-2H3. The van der Waals surface area contributed by atoms with Gasteiger partial charge in [-0.3, -0.25) is 18.4 Å². The van der Waals surface area contributed by atoms with Gasteiger partial charge in [-0.05, 0) is 60.7 Å². The lowest BCUT2D eigenvalue weighted by Crippen LogP contribution is -2.15. The molecule has 6 aromatic rings. The molecule has 4 N–H and O–H groups in total. The Kier molecular flexibility index (Phi) is 15.4. The van der Waals surface area contributed by atoms with Crippen LogP contribution in [-0.2, 0) is 23.7 Å². The van der Waals surface area contributed by atoms with Gasteiger partial charge in [0, 0.05) is 34.6 Å². The highest BCUT2D eigenvalue weighted by atomic mass is 16.6. The summed E-state index contributed by atoms with van der Waals surface area (Å²) in [6.07, 6.45) is 6.77. The van der Waals surface area contributed by atoms with Crippen LogP contribution in [-0.4, -0.2) is 124 Å². The molecule has 0 saturated heterocycles. The van der Waals surface area contributed by atoms with Gasteiger partial charge in [-0.2, -0.15) is 0 Å². The fourth-order valence-electron chi connectivity index (χ4n) is 5.97. The lowest BCUT2D eigenvalue weighted by molar-refractivity contribution is -0.0144. The first-order valence-corrected chi connectivity index (χ1v) is 18.9. The Bertz CT molecular complexity index is 2150. The van der Waals surface area contributed by atoms with Crippen molar-refractivity contribution in [1.82, 2.24) is 18.8 Å². The van der Waals surface area contributed by atoms with Gasteiger partial charge in [0.15, 0.2) is 11.6 Å². The zero-order valence-corrected chi connectivity index (χ0v) is 33.0. The smallest absolute Gasteiger partial charge is 0.301 e. The van der Waals surface area contributed by atoms with Crippen molar-refractivity contribution in [2.24, 2.45) is 0 Å². The maximum absolute atomic E-state index is 13.2. The second-order valence-corrected chi connectivity index (χ2v) is 12.8. The minimum atomic E-state index is -0.184. The van der Waals surface area contributed by atoms with E-state index >= 15 is 0 Å². The SMILES string of the molecule is COc1cc(C(=O)c2cccn3c(OCCOCCOCCOCCOCCOCCOc4ncc5c(C(=O)c6ccc(N)c(OC)c6)cccn45)ncc23)ccc1N. The number of nitrogens with zero attached hydrogens (tertiary/aromatic N) is 4. The predicted molar refractivity (Wildman–Crippen MR) is 217 cm³/mol. The van der Waals surface area contributed by atoms with E-state index in [0.29, 0.717) is 134 Å². The first kappa shape index (κ1) is 42.4. The number of carbonyl (C=O) groups is 2. The Hall–Kier alpha value is -6.24.